The molecule has 2 heterocycles. The Labute approximate surface area is 126 Å². The van der Waals surface area contributed by atoms with E-state index in [9.17, 15) is 0 Å². The molecule has 0 unspecified atom stereocenters. The minimum atomic E-state index is 0.758. The number of H-pyrrole nitrogens is 1. The lowest BCUT2D eigenvalue weighted by atomic mass is 10.1. The number of anilines is 2. The van der Waals surface area contributed by atoms with Crippen LogP contribution in [0.5, 0.6) is 5.75 Å². The van der Waals surface area contributed by atoms with Crippen molar-refractivity contribution in [3.63, 3.8) is 0 Å². The van der Waals surface area contributed by atoms with Crippen molar-refractivity contribution >= 4 is 33.3 Å². The summed E-state index contributed by atoms with van der Waals surface area (Å²) in [7, 11) is 1.65. The van der Waals surface area contributed by atoms with Gasteiger partial charge in [-0.05, 0) is 30.3 Å². The van der Waals surface area contributed by atoms with E-state index < -0.39 is 0 Å². The highest BCUT2D eigenvalue weighted by Crippen LogP contribution is 2.30. The number of ether oxygens (including phenoxy) is 1. The van der Waals surface area contributed by atoms with Crippen LogP contribution in [0.3, 0.4) is 0 Å². The summed E-state index contributed by atoms with van der Waals surface area (Å²) in [5.74, 6) is 0.758. The van der Waals surface area contributed by atoms with Crippen molar-refractivity contribution in [2.75, 3.05) is 12.4 Å². The van der Waals surface area contributed by atoms with Crippen LogP contribution in [0, 0.1) is 0 Å². The standard InChI is InChI=1S/C16H13N5O/c1-22-15-4-2-3-11-12(7-8-17-16(11)15)18-10-5-6-13-14(9-10)20-21-19-13/h2-9H,1H3,(H,17,18)(H,19,20,21). The lowest BCUT2D eigenvalue weighted by Crippen LogP contribution is -1.94. The van der Waals surface area contributed by atoms with Gasteiger partial charge in [-0.25, -0.2) is 0 Å². The third-order valence-electron chi connectivity index (χ3n) is 3.55. The second kappa shape index (κ2) is 5.00. The molecule has 4 rings (SSSR count). The number of methoxy groups -OCH3 is 1. The van der Waals surface area contributed by atoms with E-state index >= 15 is 0 Å². The van der Waals surface area contributed by atoms with Crippen LogP contribution in [0.25, 0.3) is 21.9 Å². The van der Waals surface area contributed by atoms with Crippen molar-refractivity contribution in [2.45, 2.75) is 0 Å². The topological polar surface area (TPSA) is 75.7 Å². The van der Waals surface area contributed by atoms with Crippen LogP contribution in [0.4, 0.5) is 11.4 Å². The Morgan fingerprint density at radius 1 is 1.05 bits per heavy atom. The van der Waals surface area contributed by atoms with Crippen molar-refractivity contribution in [3.8, 4) is 5.75 Å². The van der Waals surface area contributed by atoms with Gasteiger partial charge in [-0.15, -0.1) is 0 Å². The van der Waals surface area contributed by atoms with Crippen LogP contribution in [0.15, 0.2) is 48.7 Å². The number of fused-ring (bicyclic) bond motifs is 2. The van der Waals surface area contributed by atoms with E-state index in [1.165, 1.54) is 0 Å². The molecule has 108 valence electrons. The van der Waals surface area contributed by atoms with Gasteiger partial charge in [-0.3, -0.25) is 4.98 Å². The fourth-order valence-corrected chi connectivity index (χ4v) is 2.50. The second-order valence-electron chi connectivity index (χ2n) is 4.87. The van der Waals surface area contributed by atoms with Crippen LogP contribution in [0.1, 0.15) is 0 Å². The number of aromatic nitrogens is 4. The smallest absolute Gasteiger partial charge is 0.145 e. The van der Waals surface area contributed by atoms with Gasteiger partial charge in [0.05, 0.1) is 7.11 Å². The molecular formula is C16H13N5O. The molecule has 0 aliphatic carbocycles. The predicted molar refractivity (Wildman–Crippen MR) is 85.5 cm³/mol. The minimum absolute atomic E-state index is 0.758. The highest BCUT2D eigenvalue weighted by molar-refractivity contribution is 5.96. The summed E-state index contributed by atoms with van der Waals surface area (Å²) >= 11 is 0. The zero-order chi connectivity index (χ0) is 14.9. The molecule has 2 aromatic heterocycles. The number of hydrogen-bond acceptors (Lipinski definition) is 5. The molecule has 0 radical (unpaired) electrons. The quantitative estimate of drug-likeness (QED) is 0.606. The van der Waals surface area contributed by atoms with Crippen molar-refractivity contribution < 1.29 is 4.74 Å². The van der Waals surface area contributed by atoms with Gasteiger partial charge in [0.1, 0.15) is 22.3 Å². The summed E-state index contributed by atoms with van der Waals surface area (Å²) in [6, 6.07) is 13.7. The number of pyridine rings is 1. The molecule has 4 aromatic rings. The van der Waals surface area contributed by atoms with E-state index in [0.29, 0.717) is 0 Å². The molecule has 2 N–H and O–H groups in total. The van der Waals surface area contributed by atoms with Gasteiger partial charge in [0, 0.05) is 23.0 Å². The maximum Gasteiger partial charge on any atom is 0.145 e. The number of nitrogens with zero attached hydrogens (tertiary/aromatic N) is 3. The van der Waals surface area contributed by atoms with Crippen molar-refractivity contribution in [3.05, 3.63) is 48.7 Å². The van der Waals surface area contributed by atoms with Crippen molar-refractivity contribution in [1.82, 2.24) is 20.4 Å². The van der Waals surface area contributed by atoms with E-state index in [4.69, 9.17) is 4.74 Å². The first-order valence-corrected chi connectivity index (χ1v) is 6.84. The van der Waals surface area contributed by atoms with Gasteiger partial charge < -0.3 is 10.1 Å². The summed E-state index contributed by atoms with van der Waals surface area (Å²) in [6.07, 6.45) is 1.77. The highest BCUT2D eigenvalue weighted by Gasteiger charge is 2.07. The Morgan fingerprint density at radius 2 is 1.95 bits per heavy atom. The third-order valence-corrected chi connectivity index (χ3v) is 3.55. The summed E-state index contributed by atoms with van der Waals surface area (Å²) < 4.78 is 5.37. The van der Waals surface area contributed by atoms with Gasteiger partial charge in [-0.1, -0.05) is 12.1 Å². The molecule has 0 atom stereocenters. The number of rotatable bonds is 3. The number of para-hydroxylation sites is 1. The monoisotopic (exact) mass is 291 g/mol. The molecule has 6 nitrogen and oxygen atoms in total. The van der Waals surface area contributed by atoms with Crippen LogP contribution in [-0.4, -0.2) is 27.5 Å². The zero-order valence-corrected chi connectivity index (χ0v) is 11.9. The first kappa shape index (κ1) is 12.6. The Morgan fingerprint density at radius 3 is 2.86 bits per heavy atom. The largest absolute Gasteiger partial charge is 0.494 e. The number of hydrogen-bond donors (Lipinski definition) is 2. The molecule has 0 spiro atoms. The zero-order valence-electron chi connectivity index (χ0n) is 11.9. The van der Waals surface area contributed by atoms with E-state index in [0.717, 1.165) is 39.1 Å². The summed E-state index contributed by atoms with van der Waals surface area (Å²) in [4.78, 5) is 4.40. The molecule has 0 aliphatic heterocycles. The molecule has 0 fully saturated rings. The second-order valence-corrected chi connectivity index (χ2v) is 4.87. The predicted octanol–water partition coefficient (Wildman–Crippen LogP) is 3.26. The molecule has 0 saturated carbocycles. The molecule has 2 aromatic carbocycles. The van der Waals surface area contributed by atoms with Crippen molar-refractivity contribution in [1.29, 1.82) is 0 Å². The van der Waals surface area contributed by atoms with E-state index in [1.807, 2.05) is 42.5 Å². The molecule has 0 amide bonds. The highest BCUT2D eigenvalue weighted by atomic mass is 16.5. The maximum absolute atomic E-state index is 5.37. The Balaban J connectivity index is 1.80. The summed E-state index contributed by atoms with van der Waals surface area (Å²) in [5.41, 5.74) is 4.40. The molecule has 0 aliphatic rings. The van der Waals surface area contributed by atoms with Gasteiger partial charge >= 0.3 is 0 Å². The third kappa shape index (κ3) is 2.01. The fourth-order valence-electron chi connectivity index (χ4n) is 2.50. The van der Waals surface area contributed by atoms with E-state index in [-0.39, 0.29) is 0 Å². The van der Waals surface area contributed by atoms with Gasteiger partial charge in [-0.2, -0.15) is 15.4 Å². The molecule has 22 heavy (non-hydrogen) atoms. The first-order chi connectivity index (χ1) is 10.8. The lowest BCUT2D eigenvalue weighted by Gasteiger charge is -2.11. The van der Waals surface area contributed by atoms with Crippen LogP contribution >= 0.6 is 0 Å². The van der Waals surface area contributed by atoms with Crippen LogP contribution < -0.4 is 10.1 Å². The maximum atomic E-state index is 5.37. The van der Waals surface area contributed by atoms with Crippen molar-refractivity contribution in [2.24, 2.45) is 0 Å². The number of benzene rings is 2. The first-order valence-electron chi connectivity index (χ1n) is 6.84. The average molecular weight is 291 g/mol. The van der Waals surface area contributed by atoms with Crippen LogP contribution in [0.2, 0.25) is 0 Å². The molecule has 0 saturated heterocycles. The number of aromatic amines is 1. The van der Waals surface area contributed by atoms with Crippen LogP contribution in [-0.2, 0) is 0 Å². The Hall–Kier alpha value is -3.15. The van der Waals surface area contributed by atoms with E-state index in [1.54, 1.807) is 13.3 Å². The fraction of sp³-hybridized carbons (Fsp3) is 0.0625. The number of nitrogens with one attached hydrogen (secondary N) is 2. The van der Waals surface area contributed by atoms with Gasteiger partial charge in [0.2, 0.25) is 0 Å². The minimum Gasteiger partial charge on any atom is -0.494 e. The average Bonchev–Trinajstić information content (AvgIpc) is 3.02. The lowest BCUT2D eigenvalue weighted by molar-refractivity contribution is 0.419. The summed E-state index contributed by atoms with van der Waals surface area (Å²) in [5, 5.41) is 15.2. The Bertz CT molecular complexity index is 963. The molecule has 6 heteroatoms. The van der Waals surface area contributed by atoms with Gasteiger partial charge in [0.25, 0.3) is 0 Å². The molecule has 0 bridgehead atoms. The normalized spacial score (nSPS) is 11.0. The Kier molecular flexibility index (Phi) is 2.86. The summed E-state index contributed by atoms with van der Waals surface area (Å²) in [6.45, 7) is 0. The molecular weight excluding hydrogens is 278 g/mol. The van der Waals surface area contributed by atoms with Gasteiger partial charge in [0.15, 0.2) is 0 Å². The SMILES string of the molecule is COc1cccc2c(Nc3ccc4n[nH]nc4c3)ccnc12. The van der Waals surface area contributed by atoms with E-state index in [2.05, 4.69) is 25.7 Å².